The van der Waals surface area contributed by atoms with Gasteiger partial charge < -0.3 is 10.2 Å². The van der Waals surface area contributed by atoms with E-state index in [1.54, 1.807) is 0 Å². The summed E-state index contributed by atoms with van der Waals surface area (Å²) in [7, 11) is 1.88. The van der Waals surface area contributed by atoms with Crippen LogP contribution in [0.2, 0.25) is 0 Å². The van der Waals surface area contributed by atoms with E-state index in [1.807, 2.05) is 71.4 Å². The summed E-state index contributed by atoms with van der Waals surface area (Å²) >= 11 is 0. The van der Waals surface area contributed by atoms with E-state index < -0.39 is 0 Å². The Bertz CT molecular complexity index is 862. The fraction of sp³-hybridized carbons (Fsp3) is 0.263. The standard InChI is InChI=1S/C19H20N4O/c1-22(17-10-11-20-13-17)19(24)14-6-8-16(9-7-14)23-18-5-3-2-4-15(18)12-21-23/h2-9,12,17,20H,10-11,13H2,1H3. The van der Waals surface area contributed by atoms with Crippen LogP contribution in [0.5, 0.6) is 0 Å². The molecule has 0 aliphatic carbocycles. The molecule has 2 aromatic carbocycles. The number of carbonyl (C=O) groups excluding carboxylic acids is 1. The average Bonchev–Trinajstić information content (AvgIpc) is 3.30. The van der Waals surface area contributed by atoms with Crippen molar-refractivity contribution in [2.45, 2.75) is 12.5 Å². The minimum absolute atomic E-state index is 0.0700. The molecule has 1 aromatic heterocycles. The molecular weight excluding hydrogens is 300 g/mol. The molecule has 4 rings (SSSR count). The van der Waals surface area contributed by atoms with E-state index in [4.69, 9.17) is 0 Å². The number of hydrogen-bond donors (Lipinski definition) is 1. The van der Waals surface area contributed by atoms with Crippen molar-refractivity contribution in [3.8, 4) is 5.69 Å². The highest BCUT2D eigenvalue weighted by molar-refractivity contribution is 5.94. The molecule has 24 heavy (non-hydrogen) atoms. The maximum atomic E-state index is 12.6. The SMILES string of the molecule is CN(C(=O)c1ccc(-n2ncc3ccccc32)cc1)C1CCNC1. The van der Waals surface area contributed by atoms with Gasteiger partial charge in [-0.15, -0.1) is 0 Å². The Morgan fingerprint density at radius 1 is 1.21 bits per heavy atom. The monoisotopic (exact) mass is 320 g/mol. The van der Waals surface area contributed by atoms with Gasteiger partial charge in [-0.25, -0.2) is 4.68 Å². The van der Waals surface area contributed by atoms with Crippen LogP contribution in [0.25, 0.3) is 16.6 Å². The van der Waals surface area contributed by atoms with Gasteiger partial charge in [0.2, 0.25) is 0 Å². The van der Waals surface area contributed by atoms with E-state index in [-0.39, 0.29) is 11.9 Å². The lowest BCUT2D eigenvalue weighted by Crippen LogP contribution is -2.38. The van der Waals surface area contributed by atoms with Gasteiger partial charge in [-0.3, -0.25) is 4.79 Å². The Morgan fingerprint density at radius 3 is 2.75 bits per heavy atom. The fourth-order valence-electron chi connectivity index (χ4n) is 3.26. The van der Waals surface area contributed by atoms with Gasteiger partial charge in [-0.1, -0.05) is 18.2 Å². The van der Waals surface area contributed by atoms with E-state index in [1.165, 1.54) is 0 Å². The number of carbonyl (C=O) groups is 1. The molecule has 1 atom stereocenters. The number of para-hydroxylation sites is 1. The maximum absolute atomic E-state index is 12.6. The van der Waals surface area contributed by atoms with E-state index in [9.17, 15) is 4.79 Å². The van der Waals surface area contributed by atoms with Crippen molar-refractivity contribution < 1.29 is 4.79 Å². The summed E-state index contributed by atoms with van der Waals surface area (Å²) in [5.41, 5.74) is 2.73. The highest BCUT2D eigenvalue weighted by atomic mass is 16.2. The first-order chi connectivity index (χ1) is 11.7. The number of nitrogens with zero attached hydrogens (tertiary/aromatic N) is 3. The lowest BCUT2D eigenvalue weighted by molar-refractivity contribution is 0.0744. The van der Waals surface area contributed by atoms with Crippen molar-refractivity contribution in [1.82, 2.24) is 20.0 Å². The normalized spacial score (nSPS) is 17.3. The molecule has 1 saturated heterocycles. The molecule has 122 valence electrons. The van der Waals surface area contributed by atoms with Gasteiger partial charge in [0.25, 0.3) is 5.91 Å². The number of nitrogens with one attached hydrogen (secondary N) is 1. The Kier molecular flexibility index (Phi) is 3.78. The third-order valence-corrected chi connectivity index (χ3v) is 4.74. The second kappa shape index (κ2) is 6.09. The molecule has 3 aromatic rings. The fourth-order valence-corrected chi connectivity index (χ4v) is 3.26. The van der Waals surface area contributed by atoms with Crippen molar-refractivity contribution in [3.63, 3.8) is 0 Å². The zero-order valence-electron chi connectivity index (χ0n) is 13.6. The van der Waals surface area contributed by atoms with Crippen molar-refractivity contribution in [3.05, 3.63) is 60.3 Å². The van der Waals surface area contributed by atoms with Gasteiger partial charge in [0, 0.05) is 30.6 Å². The molecule has 1 N–H and O–H groups in total. The highest BCUT2D eigenvalue weighted by Gasteiger charge is 2.23. The zero-order chi connectivity index (χ0) is 16.5. The summed E-state index contributed by atoms with van der Waals surface area (Å²) in [5.74, 6) is 0.0700. The van der Waals surface area contributed by atoms with Gasteiger partial charge in [0.1, 0.15) is 0 Å². The van der Waals surface area contributed by atoms with Gasteiger partial charge >= 0.3 is 0 Å². The Hall–Kier alpha value is -2.66. The van der Waals surface area contributed by atoms with Gasteiger partial charge in [-0.2, -0.15) is 5.10 Å². The Labute approximate surface area is 140 Å². The summed E-state index contributed by atoms with van der Waals surface area (Å²) in [6.07, 6.45) is 2.87. The third kappa shape index (κ3) is 2.57. The lowest BCUT2D eigenvalue weighted by atomic mass is 10.1. The maximum Gasteiger partial charge on any atom is 0.253 e. The van der Waals surface area contributed by atoms with E-state index in [0.717, 1.165) is 36.1 Å². The first-order valence-electron chi connectivity index (χ1n) is 8.25. The third-order valence-electron chi connectivity index (χ3n) is 4.74. The molecule has 5 nitrogen and oxygen atoms in total. The van der Waals surface area contributed by atoms with Crippen LogP contribution < -0.4 is 5.32 Å². The van der Waals surface area contributed by atoms with Crippen LogP contribution in [0, 0.1) is 0 Å². The summed E-state index contributed by atoms with van der Waals surface area (Å²) in [6.45, 7) is 1.85. The largest absolute Gasteiger partial charge is 0.337 e. The molecule has 1 unspecified atom stereocenters. The number of benzene rings is 2. The Morgan fingerprint density at radius 2 is 2.00 bits per heavy atom. The summed E-state index contributed by atoms with van der Waals surface area (Å²) in [5, 5.41) is 8.85. The predicted molar refractivity (Wildman–Crippen MR) is 94.4 cm³/mol. The number of aromatic nitrogens is 2. The van der Waals surface area contributed by atoms with Crippen LogP contribution in [0.3, 0.4) is 0 Å². The molecule has 1 aliphatic rings. The number of rotatable bonds is 3. The Balaban J connectivity index is 1.59. The highest BCUT2D eigenvalue weighted by Crippen LogP contribution is 2.19. The van der Waals surface area contributed by atoms with Crippen molar-refractivity contribution >= 4 is 16.8 Å². The zero-order valence-corrected chi connectivity index (χ0v) is 13.6. The van der Waals surface area contributed by atoms with Crippen LogP contribution in [-0.2, 0) is 0 Å². The van der Waals surface area contributed by atoms with E-state index >= 15 is 0 Å². The van der Waals surface area contributed by atoms with Crippen LogP contribution in [0.4, 0.5) is 0 Å². The van der Waals surface area contributed by atoms with Crippen LogP contribution in [-0.4, -0.2) is 46.8 Å². The number of fused-ring (bicyclic) bond motifs is 1. The molecule has 2 heterocycles. The summed E-state index contributed by atoms with van der Waals surface area (Å²) in [4.78, 5) is 14.5. The number of hydrogen-bond acceptors (Lipinski definition) is 3. The molecule has 1 fully saturated rings. The lowest BCUT2D eigenvalue weighted by Gasteiger charge is -2.23. The van der Waals surface area contributed by atoms with Crippen molar-refractivity contribution in [1.29, 1.82) is 0 Å². The van der Waals surface area contributed by atoms with E-state index in [2.05, 4.69) is 10.4 Å². The minimum Gasteiger partial charge on any atom is -0.337 e. The molecular formula is C19H20N4O. The second-order valence-electron chi connectivity index (χ2n) is 6.22. The number of amides is 1. The minimum atomic E-state index is 0.0700. The first-order valence-corrected chi connectivity index (χ1v) is 8.25. The summed E-state index contributed by atoms with van der Waals surface area (Å²) in [6, 6.07) is 16.0. The average molecular weight is 320 g/mol. The molecule has 0 bridgehead atoms. The first kappa shape index (κ1) is 14.9. The summed E-state index contributed by atoms with van der Waals surface area (Å²) < 4.78 is 1.90. The van der Waals surface area contributed by atoms with Crippen molar-refractivity contribution in [2.24, 2.45) is 0 Å². The second-order valence-corrected chi connectivity index (χ2v) is 6.22. The van der Waals surface area contributed by atoms with E-state index in [0.29, 0.717) is 5.56 Å². The van der Waals surface area contributed by atoms with Crippen molar-refractivity contribution in [2.75, 3.05) is 20.1 Å². The smallest absolute Gasteiger partial charge is 0.253 e. The topological polar surface area (TPSA) is 50.2 Å². The quantitative estimate of drug-likeness (QED) is 0.806. The van der Waals surface area contributed by atoms with Crippen LogP contribution in [0.1, 0.15) is 16.8 Å². The van der Waals surface area contributed by atoms with Gasteiger partial charge in [0.05, 0.1) is 17.4 Å². The number of likely N-dealkylation sites (N-methyl/N-ethyl adjacent to an activating group) is 1. The molecule has 1 amide bonds. The van der Waals surface area contributed by atoms with Gasteiger partial charge in [0.15, 0.2) is 0 Å². The molecule has 0 spiro atoms. The van der Waals surface area contributed by atoms with Crippen LogP contribution in [0.15, 0.2) is 54.7 Å². The molecule has 1 aliphatic heterocycles. The predicted octanol–water partition coefficient (Wildman–Crippen LogP) is 2.46. The molecule has 0 radical (unpaired) electrons. The van der Waals surface area contributed by atoms with Gasteiger partial charge in [-0.05, 0) is 43.3 Å². The molecule has 0 saturated carbocycles. The molecule has 5 heteroatoms. The van der Waals surface area contributed by atoms with Crippen LogP contribution >= 0.6 is 0 Å².